The molecule has 0 fully saturated rings. The first-order valence-corrected chi connectivity index (χ1v) is 22.7. The topological polar surface area (TPSA) is 16.4 Å². The van der Waals surface area contributed by atoms with Gasteiger partial charge in [0.05, 0.1) is 10.6 Å². The maximum atomic E-state index is 7.46. The highest BCUT2D eigenvalue weighted by atomic mass is 32.2. The van der Waals surface area contributed by atoms with E-state index in [0.29, 0.717) is 0 Å². The van der Waals surface area contributed by atoms with E-state index in [2.05, 4.69) is 241 Å². The molecule has 2 nitrogen and oxygen atoms in total. The van der Waals surface area contributed by atoms with Crippen molar-refractivity contribution >= 4 is 50.6 Å². The molecule has 0 atom stereocenters. The highest BCUT2D eigenvalue weighted by Crippen LogP contribution is 2.64. The van der Waals surface area contributed by atoms with Gasteiger partial charge in [-0.3, -0.25) is 0 Å². The predicted octanol–water partition coefficient (Wildman–Crippen LogP) is 16.9. The Morgan fingerprint density at radius 2 is 0.906 bits per heavy atom. The van der Waals surface area contributed by atoms with Gasteiger partial charge in [0.1, 0.15) is 16.8 Å². The summed E-state index contributed by atoms with van der Waals surface area (Å²) >= 11 is 1.83. The molecule has 10 aromatic carbocycles. The smallest absolute Gasteiger partial charge is 0.138 e. The predicted molar refractivity (Wildman–Crippen MR) is 266 cm³/mol. The SMILES string of the molecule is c1ccc(-c2cc(-c3ccccc3)cc(N(c3ccc4c5c(oc4c3)C3(c4ccccc4S5)c4ccccc4-c4ccccc43)c3ccc(-c4ccccc4)c4ccccc34)c2)cc1. The van der Waals surface area contributed by atoms with E-state index in [4.69, 9.17) is 4.42 Å². The quantitative estimate of drug-likeness (QED) is 0.166. The molecule has 3 heteroatoms. The fourth-order valence-electron chi connectivity index (χ4n) is 10.5. The summed E-state index contributed by atoms with van der Waals surface area (Å²) in [5.41, 5.74) is 16.8. The van der Waals surface area contributed by atoms with E-state index in [1.165, 1.54) is 65.2 Å². The summed E-state index contributed by atoms with van der Waals surface area (Å²) in [7, 11) is 0. The summed E-state index contributed by atoms with van der Waals surface area (Å²) in [6, 6.07) is 86.2. The van der Waals surface area contributed by atoms with Gasteiger partial charge in [-0.15, -0.1) is 0 Å². The van der Waals surface area contributed by atoms with Crippen LogP contribution in [0.15, 0.2) is 251 Å². The summed E-state index contributed by atoms with van der Waals surface area (Å²) in [6.45, 7) is 0. The summed E-state index contributed by atoms with van der Waals surface area (Å²) in [5, 5.41) is 3.48. The van der Waals surface area contributed by atoms with Crippen LogP contribution in [0.25, 0.3) is 66.2 Å². The first-order valence-electron chi connectivity index (χ1n) is 21.9. The zero-order valence-corrected chi connectivity index (χ0v) is 35.6. The minimum Gasteiger partial charge on any atom is -0.458 e. The number of hydrogen-bond donors (Lipinski definition) is 0. The lowest BCUT2D eigenvalue weighted by Crippen LogP contribution is -2.31. The monoisotopic (exact) mass is 833 g/mol. The molecule has 0 saturated carbocycles. The molecule has 0 bridgehead atoms. The van der Waals surface area contributed by atoms with Crippen molar-refractivity contribution in [1.82, 2.24) is 0 Å². The van der Waals surface area contributed by atoms with Crippen LogP contribution in [0.1, 0.15) is 22.5 Å². The van der Waals surface area contributed by atoms with Crippen LogP contribution in [0.2, 0.25) is 0 Å². The van der Waals surface area contributed by atoms with Crippen molar-refractivity contribution in [2.75, 3.05) is 4.90 Å². The van der Waals surface area contributed by atoms with Gasteiger partial charge in [0.15, 0.2) is 0 Å². The van der Waals surface area contributed by atoms with Gasteiger partial charge in [-0.05, 0) is 109 Å². The van der Waals surface area contributed by atoms with Crippen molar-refractivity contribution in [3.8, 4) is 44.5 Å². The van der Waals surface area contributed by atoms with Gasteiger partial charge < -0.3 is 9.32 Å². The zero-order valence-electron chi connectivity index (χ0n) is 34.8. The Balaban J connectivity index is 1.08. The first-order chi connectivity index (χ1) is 31.7. The molecule has 64 heavy (non-hydrogen) atoms. The van der Waals surface area contributed by atoms with Crippen molar-refractivity contribution in [3.63, 3.8) is 0 Å². The van der Waals surface area contributed by atoms with Crippen LogP contribution in [-0.4, -0.2) is 0 Å². The Kier molecular flexibility index (Phi) is 8.40. The molecule has 1 aliphatic heterocycles. The van der Waals surface area contributed by atoms with Crippen LogP contribution in [0.4, 0.5) is 17.1 Å². The lowest BCUT2D eigenvalue weighted by Gasteiger charge is -2.36. The Morgan fingerprint density at radius 1 is 0.359 bits per heavy atom. The number of furan rings is 1. The fourth-order valence-corrected chi connectivity index (χ4v) is 11.8. The molecule has 300 valence electrons. The Hall–Kier alpha value is -7.85. The minimum atomic E-state index is -0.596. The maximum Gasteiger partial charge on any atom is 0.138 e. The molecular formula is C61H39NOS. The normalized spacial score (nSPS) is 13.1. The molecule has 0 amide bonds. The second-order valence-electron chi connectivity index (χ2n) is 16.8. The van der Waals surface area contributed by atoms with Gasteiger partial charge >= 0.3 is 0 Å². The Labute approximate surface area is 376 Å². The number of benzene rings is 10. The van der Waals surface area contributed by atoms with Crippen molar-refractivity contribution in [2.24, 2.45) is 0 Å². The van der Waals surface area contributed by atoms with E-state index < -0.39 is 5.41 Å². The molecule has 1 spiro atoms. The van der Waals surface area contributed by atoms with E-state index in [1.807, 2.05) is 11.8 Å². The number of anilines is 3. The summed E-state index contributed by atoms with van der Waals surface area (Å²) < 4.78 is 7.46. The van der Waals surface area contributed by atoms with E-state index in [9.17, 15) is 0 Å². The molecule has 0 radical (unpaired) electrons. The number of rotatable bonds is 6. The third-order valence-corrected chi connectivity index (χ3v) is 14.5. The maximum absolute atomic E-state index is 7.46. The molecule has 2 aliphatic rings. The number of nitrogens with zero attached hydrogens (tertiary/aromatic N) is 1. The molecule has 1 aliphatic carbocycles. The van der Waals surface area contributed by atoms with Crippen molar-refractivity contribution < 1.29 is 4.42 Å². The number of fused-ring (bicyclic) bond motifs is 12. The fraction of sp³-hybridized carbons (Fsp3) is 0.0164. The van der Waals surface area contributed by atoms with Gasteiger partial charge in [0.25, 0.3) is 0 Å². The van der Waals surface area contributed by atoms with Crippen LogP contribution in [0.5, 0.6) is 0 Å². The van der Waals surface area contributed by atoms with Gasteiger partial charge in [-0.2, -0.15) is 0 Å². The first kappa shape index (κ1) is 36.8. The average molecular weight is 834 g/mol. The number of hydrogen-bond acceptors (Lipinski definition) is 3. The Bertz CT molecular complexity index is 3490. The van der Waals surface area contributed by atoms with Gasteiger partial charge in [0, 0.05) is 33.1 Å². The van der Waals surface area contributed by atoms with Crippen LogP contribution in [0, 0.1) is 0 Å². The largest absolute Gasteiger partial charge is 0.458 e. The minimum absolute atomic E-state index is 0.596. The molecule has 0 N–H and O–H groups in total. The second-order valence-corrected chi connectivity index (χ2v) is 17.8. The summed E-state index contributed by atoms with van der Waals surface area (Å²) in [4.78, 5) is 4.87. The molecule has 13 rings (SSSR count). The Morgan fingerprint density at radius 3 is 1.56 bits per heavy atom. The molecule has 0 unspecified atom stereocenters. The molecule has 0 saturated heterocycles. The average Bonchev–Trinajstić information content (AvgIpc) is 3.88. The molecule has 1 aromatic heterocycles. The lowest BCUT2D eigenvalue weighted by molar-refractivity contribution is 0.478. The molecule has 11 aromatic rings. The highest BCUT2D eigenvalue weighted by Gasteiger charge is 2.53. The van der Waals surface area contributed by atoms with Crippen LogP contribution in [0.3, 0.4) is 0 Å². The third kappa shape index (κ3) is 5.54. The van der Waals surface area contributed by atoms with Crippen molar-refractivity contribution in [2.45, 2.75) is 15.2 Å². The van der Waals surface area contributed by atoms with Crippen LogP contribution < -0.4 is 4.90 Å². The summed E-state index contributed by atoms with van der Waals surface area (Å²) in [5.74, 6) is 0.988. The second kappa shape index (κ2) is 14.6. The van der Waals surface area contributed by atoms with Gasteiger partial charge in [-0.25, -0.2) is 0 Å². The van der Waals surface area contributed by atoms with Gasteiger partial charge in [-0.1, -0.05) is 200 Å². The van der Waals surface area contributed by atoms with Crippen LogP contribution >= 0.6 is 11.8 Å². The van der Waals surface area contributed by atoms with Crippen molar-refractivity contribution in [3.05, 3.63) is 259 Å². The lowest BCUT2D eigenvalue weighted by atomic mass is 9.70. The van der Waals surface area contributed by atoms with E-state index in [1.54, 1.807) is 0 Å². The summed E-state index contributed by atoms with van der Waals surface area (Å²) in [6.07, 6.45) is 0. The van der Waals surface area contributed by atoms with Gasteiger partial charge in [0.2, 0.25) is 0 Å². The zero-order chi connectivity index (χ0) is 42.2. The molecule has 2 heterocycles. The van der Waals surface area contributed by atoms with E-state index in [-0.39, 0.29) is 0 Å². The van der Waals surface area contributed by atoms with Crippen molar-refractivity contribution in [1.29, 1.82) is 0 Å². The van der Waals surface area contributed by atoms with E-state index in [0.717, 1.165) is 50.3 Å². The molecular weight excluding hydrogens is 795 g/mol. The third-order valence-electron chi connectivity index (χ3n) is 13.3. The standard InChI is InChI=1S/C61H39NOS/c1-4-18-40(19-5-1)43-36-44(41-20-6-2-7-21-41)38-46(37-43)62(56-35-34-47(42-22-8-3-9-23-42)48-24-10-11-27-51(48)56)45-32-33-52-57(39-45)63-60-59(52)64-58-31-17-16-30-55(58)61(60)53-28-14-12-25-49(53)50-26-13-15-29-54(50)61/h1-39H. The highest BCUT2D eigenvalue weighted by molar-refractivity contribution is 7.99. The van der Waals surface area contributed by atoms with Crippen LogP contribution in [-0.2, 0) is 5.41 Å². The van der Waals surface area contributed by atoms with E-state index >= 15 is 0 Å².